The Bertz CT molecular complexity index is 1130. The molecule has 8 nitrogen and oxygen atoms in total. The van der Waals surface area contributed by atoms with Crippen molar-refractivity contribution in [3.63, 3.8) is 0 Å². The zero-order chi connectivity index (χ0) is 24.4. The quantitative estimate of drug-likeness (QED) is 0.621. The number of likely N-dealkylation sites (tertiary alicyclic amines) is 1. The van der Waals surface area contributed by atoms with Crippen molar-refractivity contribution in [1.29, 1.82) is 0 Å². The van der Waals surface area contributed by atoms with Gasteiger partial charge in [0.05, 0.1) is 41.3 Å². The van der Waals surface area contributed by atoms with Crippen molar-refractivity contribution < 1.29 is 27.1 Å². The summed E-state index contributed by atoms with van der Waals surface area (Å²) in [6.07, 6.45) is 0. The van der Waals surface area contributed by atoms with Gasteiger partial charge in [-0.2, -0.15) is 0 Å². The van der Waals surface area contributed by atoms with Gasteiger partial charge in [-0.1, -0.05) is 0 Å². The maximum atomic E-state index is 13.4. The number of nitrogens with zero attached hydrogens (tertiary/aromatic N) is 2. The average molecular weight is 480 g/mol. The van der Waals surface area contributed by atoms with Gasteiger partial charge in [0.25, 0.3) is 5.91 Å². The monoisotopic (exact) mass is 479 g/mol. The maximum Gasteiger partial charge on any atom is 0.260 e. The van der Waals surface area contributed by atoms with Crippen LogP contribution in [0.3, 0.4) is 0 Å². The van der Waals surface area contributed by atoms with Crippen LogP contribution in [-0.4, -0.2) is 62.5 Å². The number of halogens is 1. The number of benzene rings is 1. The molecule has 2 heterocycles. The predicted octanol–water partition coefficient (Wildman–Crippen LogP) is 3.27. The minimum atomic E-state index is -3.62. The van der Waals surface area contributed by atoms with Crippen LogP contribution in [0.1, 0.15) is 36.8 Å². The Morgan fingerprint density at radius 2 is 1.94 bits per heavy atom. The van der Waals surface area contributed by atoms with Crippen LogP contribution >= 0.6 is 0 Å². The fourth-order valence-electron chi connectivity index (χ4n) is 3.43. The predicted molar refractivity (Wildman–Crippen MR) is 123 cm³/mol. The van der Waals surface area contributed by atoms with E-state index in [1.54, 1.807) is 0 Å². The molecule has 0 bridgehead atoms. The lowest BCUT2D eigenvalue weighted by Crippen LogP contribution is -2.51. The standard InChI is InChI=1S/C23H30FN3O5S/c1-15-19(24)7-9-21(25-15)26-22(28)18-10-17(6-8-20(18)31-5)33(29,30)13-16-11-27(12-16)14-32-23(2,3)4/h6-10,16H,11-14H2,1-5H3,(H,25,26,28). The lowest BCUT2D eigenvalue weighted by atomic mass is 10.0. The topological polar surface area (TPSA) is 97.8 Å². The number of sulfone groups is 1. The number of carbonyl (C=O) groups is 1. The summed E-state index contributed by atoms with van der Waals surface area (Å²) in [5.74, 6) is -0.745. The number of hydrogen-bond acceptors (Lipinski definition) is 7. The minimum Gasteiger partial charge on any atom is -0.496 e. The Hall–Kier alpha value is -2.56. The summed E-state index contributed by atoms with van der Waals surface area (Å²) in [5.41, 5.74) is -0.0611. The van der Waals surface area contributed by atoms with Crippen molar-refractivity contribution in [3.8, 4) is 5.75 Å². The van der Waals surface area contributed by atoms with Gasteiger partial charge in [0.1, 0.15) is 17.4 Å². The molecule has 33 heavy (non-hydrogen) atoms. The SMILES string of the molecule is COc1ccc(S(=O)(=O)CC2CN(COC(C)(C)C)C2)cc1C(=O)Nc1ccc(F)c(C)n1. The number of pyridine rings is 1. The summed E-state index contributed by atoms with van der Waals surface area (Å²) < 4.78 is 50.4. The van der Waals surface area contributed by atoms with E-state index in [1.165, 1.54) is 44.4 Å². The molecule has 0 radical (unpaired) electrons. The van der Waals surface area contributed by atoms with Gasteiger partial charge in [0.15, 0.2) is 9.84 Å². The lowest BCUT2D eigenvalue weighted by Gasteiger charge is -2.40. The molecule has 1 amide bonds. The van der Waals surface area contributed by atoms with Crippen LogP contribution < -0.4 is 10.1 Å². The molecule has 0 spiro atoms. The van der Waals surface area contributed by atoms with Crippen LogP contribution in [0.15, 0.2) is 35.2 Å². The number of ether oxygens (including phenoxy) is 2. The van der Waals surface area contributed by atoms with Crippen LogP contribution in [0.25, 0.3) is 0 Å². The number of aromatic nitrogens is 1. The number of nitrogens with one attached hydrogen (secondary N) is 1. The molecule has 2 aromatic rings. The highest BCUT2D eigenvalue weighted by Crippen LogP contribution is 2.27. The number of aryl methyl sites for hydroxylation is 1. The lowest BCUT2D eigenvalue weighted by molar-refractivity contribution is -0.0928. The van der Waals surface area contributed by atoms with Crippen LogP contribution in [0.2, 0.25) is 0 Å². The third-order valence-electron chi connectivity index (χ3n) is 5.21. The first-order valence-corrected chi connectivity index (χ1v) is 12.2. The molecule has 10 heteroatoms. The Morgan fingerprint density at radius 3 is 2.55 bits per heavy atom. The molecule has 1 N–H and O–H groups in total. The second kappa shape index (κ2) is 9.74. The Balaban J connectivity index is 1.70. The third kappa shape index (κ3) is 6.49. The van der Waals surface area contributed by atoms with Gasteiger partial charge in [-0.15, -0.1) is 0 Å². The fourth-order valence-corrected chi connectivity index (χ4v) is 5.03. The molecule has 1 aliphatic heterocycles. The van der Waals surface area contributed by atoms with Crippen molar-refractivity contribution >= 4 is 21.6 Å². The van der Waals surface area contributed by atoms with Crippen molar-refractivity contribution in [2.24, 2.45) is 5.92 Å². The highest BCUT2D eigenvalue weighted by molar-refractivity contribution is 7.91. The molecule has 0 unspecified atom stereocenters. The van der Waals surface area contributed by atoms with E-state index in [2.05, 4.69) is 15.2 Å². The largest absolute Gasteiger partial charge is 0.496 e. The molecular weight excluding hydrogens is 449 g/mol. The van der Waals surface area contributed by atoms with E-state index < -0.39 is 21.6 Å². The van der Waals surface area contributed by atoms with E-state index in [1.807, 2.05) is 20.8 Å². The smallest absolute Gasteiger partial charge is 0.260 e. The Kier molecular flexibility index (Phi) is 7.40. The summed E-state index contributed by atoms with van der Waals surface area (Å²) in [5, 5.41) is 2.56. The molecule has 180 valence electrons. The highest BCUT2D eigenvalue weighted by Gasteiger charge is 2.33. The van der Waals surface area contributed by atoms with Crippen molar-refractivity contribution in [2.75, 3.05) is 38.0 Å². The molecule has 0 aliphatic carbocycles. The Labute approximate surface area is 194 Å². The van der Waals surface area contributed by atoms with Crippen LogP contribution in [0.4, 0.5) is 10.2 Å². The average Bonchev–Trinajstić information content (AvgIpc) is 2.71. The van der Waals surface area contributed by atoms with E-state index >= 15 is 0 Å². The van der Waals surface area contributed by atoms with Gasteiger partial charge >= 0.3 is 0 Å². The van der Waals surface area contributed by atoms with Crippen LogP contribution in [0, 0.1) is 18.7 Å². The second-order valence-electron chi connectivity index (χ2n) is 9.15. The van der Waals surface area contributed by atoms with E-state index in [9.17, 15) is 17.6 Å². The zero-order valence-electron chi connectivity index (χ0n) is 19.5. The molecule has 1 fully saturated rings. The van der Waals surface area contributed by atoms with Gasteiger partial charge in [-0.25, -0.2) is 17.8 Å². The van der Waals surface area contributed by atoms with Gasteiger partial charge < -0.3 is 14.8 Å². The first kappa shape index (κ1) is 25.1. The van der Waals surface area contributed by atoms with Crippen LogP contribution in [-0.2, 0) is 14.6 Å². The normalized spacial score (nSPS) is 15.2. The fraction of sp³-hybridized carbons (Fsp3) is 0.478. The number of amides is 1. The van der Waals surface area contributed by atoms with Gasteiger partial charge in [0, 0.05) is 13.1 Å². The maximum absolute atomic E-state index is 13.4. The summed E-state index contributed by atoms with van der Waals surface area (Å²) >= 11 is 0. The molecule has 1 aliphatic rings. The molecule has 1 aromatic heterocycles. The molecule has 0 atom stereocenters. The number of hydrogen-bond donors (Lipinski definition) is 1. The molecule has 1 saturated heterocycles. The third-order valence-corrected chi connectivity index (χ3v) is 7.09. The number of methoxy groups -OCH3 is 1. The first-order valence-electron chi connectivity index (χ1n) is 10.6. The molecule has 3 rings (SSSR count). The summed E-state index contributed by atoms with van der Waals surface area (Å²) in [7, 11) is -2.23. The molecule has 0 saturated carbocycles. The number of anilines is 1. The number of rotatable bonds is 8. The van der Waals surface area contributed by atoms with E-state index in [4.69, 9.17) is 9.47 Å². The van der Waals surface area contributed by atoms with Gasteiger partial charge in [-0.05, 0) is 63.9 Å². The summed E-state index contributed by atoms with van der Waals surface area (Å²) in [6, 6.07) is 6.72. The second-order valence-corrected chi connectivity index (χ2v) is 11.2. The van der Waals surface area contributed by atoms with E-state index in [-0.39, 0.29) is 45.0 Å². The molecular formula is C23H30FN3O5S. The van der Waals surface area contributed by atoms with Crippen molar-refractivity contribution in [3.05, 3.63) is 47.4 Å². The zero-order valence-corrected chi connectivity index (χ0v) is 20.3. The van der Waals surface area contributed by atoms with E-state index in [0.29, 0.717) is 19.8 Å². The van der Waals surface area contributed by atoms with Gasteiger partial charge in [-0.3, -0.25) is 9.69 Å². The van der Waals surface area contributed by atoms with Crippen molar-refractivity contribution in [2.45, 2.75) is 38.2 Å². The summed E-state index contributed by atoms with van der Waals surface area (Å²) in [4.78, 5) is 18.9. The van der Waals surface area contributed by atoms with Gasteiger partial charge in [0.2, 0.25) is 0 Å². The highest BCUT2D eigenvalue weighted by atomic mass is 32.2. The Morgan fingerprint density at radius 1 is 1.24 bits per heavy atom. The first-order chi connectivity index (χ1) is 15.4. The summed E-state index contributed by atoms with van der Waals surface area (Å²) in [6.45, 7) is 9.13. The molecule has 1 aromatic carbocycles. The number of carbonyl (C=O) groups excluding carboxylic acids is 1. The van der Waals surface area contributed by atoms with Crippen molar-refractivity contribution in [1.82, 2.24) is 9.88 Å². The van der Waals surface area contributed by atoms with E-state index in [0.717, 1.165) is 0 Å². The minimum absolute atomic E-state index is 0.00987. The van der Waals surface area contributed by atoms with Crippen LogP contribution in [0.5, 0.6) is 5.75 Å².